The molecular formula is C18H21FN2O2S. The van der Waals surface area contributed by atoms with Crippen LogP contribution in [0.1, 0.15) is 11.1 Å². The van der Waals surface area contributed by atoms with E-state index in [9.17, 15) is 12.8 Å². The van der Waals surface area contributed by atoms with Crippen LogP contribution in [0.3, 0.4) is 0 Å². The van der Waals surface area contributed by atoms with Crippen molar-refractivity contribution < 1.29 is 12.8 Å². The molecule has 128 valence electrons. The number of sulfonamides is 1. The van der Waals surface area contributed by atoms with Crippen molar-refractivity contribution in [1.82, 2.24) is 9.21 Å². The summed E-state index contributed by atoms with van der Waals surface area (Å²) in [5.41, 5.74) is 1.67. The van der Waals surface area contributed by atoms with E-state index in [2.05, 4.69) is 17.0 Å². The van der Waals surface area contributed by atoms with Crippen LogP contribution in [0.2, 0.25) is 0 Å². The molecule has 3 rings (SSSR count). The van der Waals surface area contributed by atoms with Crippen LogP contribution in [0.5, 0.6) is 0 Å². The normalized spacial score (nSPS) is 17.1. The minimum Gasteiger partial charge on any atom is -0.296 e. The van der Waals surface area contributed by atoms with Crippen molar-refractivity contribution in [1.29, 1.82) is 0 Å². The van der Waals surface area contributed by atoms with Crippen LogP contribution in [0.15, 0.2) is 53.4 Å². The Labute approximate surface area is 142 Å². The lowest BCUT2D eigenvalue weighted by molar-refractivity contribution is 0.181. The SMILES string of the molecule is Cc1cc(F)ccc1S(=O)(=O)N1CCN(Cc2ccccc2)CC1. The first kappa shape index (κ1) is 17.1. The fourth-order valence-corrected chi connectivity index (χ4v) is 4.64. The number of hydrogen-bond donors (Lipinski definition) is 0. The Bertz CT molecular complexity index is 801. The van der Waals surface area contributed by atoms with Gasteiger partial charge in [-0.15, -0.1) is 0 Å². The highest BCUT2D eigenvalue weighted by atomic mass is 32.2. The topological polar surface area (TPSA) is 40.6 Å². The molecule has 0 saturated carbocycles. The number of halogens is 1. The fraction of sp³-hybridized carbons (Fsp3) is 0.333. The van der Waals surface area contributed by atoms with Crippen LogP contribution >= 0.6 is 0 Å². The summed E-state index contributed by atoms with van der Waals surface area (Å²) in [6.07, 6.45) is 0. The van der Waals surface area contributed by atoms with Gasteiger partial charge in [0.25, 0.3) is 0 Å². The van der Waals surface area contributed by atoms with E-state index in [1.54, 1.807) is 6.92 Å². The summed E-state index contributed by atoms with van der Waals surface area (Å²) in [6, 6.07) is 14.0. The second-order valence-electron chi connectivity index (χ2n) is 6.08. The monoisotopic (exact) mass is 348 g/mol. The van der Waals surface area contributed by atoms with Crippen molar-refractivity contribution in [2.45, 2.75) is 18.4 Å². The van der Waals surface area contributed by atoms with Gasteiger partial charge in [-0.2, -0.15) is 4.31 Å². The molecule has 0 radical (unpaired) electrons. The Balaban J connectivity index is 1.67. The number of nitrogens with zero attached hydrogens (tertiary/aromatic N) is 2. The number of benzene rings is 2. The van der Waals surface area contributed by atoms with E-state index >= 15 is 0 Å². The van der Waals surface area contributed by atoms with Crippen molar-refractivity contribution in [2.75, 3.05) is 26.2 Å². The predicted octanol–water partition coefficient (Wildman–Crippen LogP) is 2.64. The third kappa shape index (κ3) is 3.66. The smallest absolute Gasteiger partial charge is 0.243 e. The minimum absolute atomic E-state index is 0.195. The average molecular weight is 348 g/mol. The summed E-state index contributed by atoms with van der Waals surface area (Å²) in [5.74, 6) is -0.417. The Hall–Kier alpha value is -1.76. The lowest BCUT2D eigenvalue weighted by Gasteiger charge is -2.34. The van der Waals surface area contributed by atoms with Gasteiger partial charge < -0.3 is 0 Å². The zero-order valence-electron chi connectivity index (χ0n) is 13.7. The van der Waals surface area contributed by atoms with Gasteiger partial charge in [0.05, 0.1) is 4.90 Å². The largest absolute Gasteiger partial charge is 0.296 e. The Kier molecular flexibility index (Phi) is 4.99. The second kappa shape index (κ2) is 7.01. The first-order valence-corrected chi connectivity index (χ1v) is 9.43. The summed E-state index contributed by atoms with van der Waals surface area (Å²) in [5, 5.41) is 0. The van der Waals surface area contributed by atoms with Crippen molar-refractivity contribution in [3.05, 3.63) is 65.5 Å². The van der Waals surface area contributed by atoms with Gasteiger partial charge in [-0.25, -0.2) is 12.8 Å². The lowest BCUT2D eigenvalue weighted by atomic mass is 10.2. The van der Waals surface area contributed by atoms with Gasteiger partial charge in [0, 0.05) is 32.7 Å². The molecule has 0 amide bonds. The van der Waals surface area contributed by atoms with E-state index in [4.69, 9.17) is 0 Å². The summed E-state index contributed by atoms with van der Waals surface area (Å²) in [4.78, 5) is 2.44. The standard InChI is InChI=1S/C18H21FN2O2S/c1-15-13-17(19)7-8-18(15)24(22,23)21-11-9-20(10-12-21)14-16-5-3-2-4-6-16/h2-8,13H,9-12,14H2,1H3. The van der Waals surface area contributed by atoms with Gasteiger partial charge in [-0.3, -0.25) is 4.90 Å². The Morgan fingerprint density at radius 1 is 1.00 bits per heavy atom. The highest BCUT2D eigenvalue weighted by molar-refractivity contribution is 7.89. The minimum atomic E-state index is -3.57. The molecule has 0 spiro atoms. The van der Waals surface area contributed by atoms with Gasteiger partial charge in [-0.05, 0) is 36.2 Å². The zero-order chi connectivity index (χ0) is 17.2. The van der Waals surface area contributed by atoms with E-state index < -0.39 is 15.8 Å². The lowest BCUT2D eigenvalue weighted by Crippen LogP contribution is -2.48. The number of aryl methyl sites for hydroxylation is 1. The van der Waals surface area contributed by atoms with Gasteiger partial charge in [-0.1, -0.05) is 30.3 Å². The van der Waals surface area contributed by atoms with Gasteiger partial charge in [0.15, 0.2) is 0 Å². The molecule has 24 heavy (non-hydrogen) atoms. The van der Waals surface area contributed by atoms with Crippen LogP contribution in [-0.2, 0) is 16.6 Å². The van der Waals surface area contributed by atoms with Crippen molar-refractivity contribution in [3.8, 4) is 0 Å². The summed E-state index contributed by atoms with van der Waals surface area (Å²) in [6.45, 7) is 4.73. The fourth-order valence-electron chi connectivity index (χ4n) is 3.01. The highest BCUT2D eigenvalue weighted by Crippen LogP contribution is 2.22. The predicted molar refractivity (Wildman–Crippen MR) is 91.6 cm³/mol. The van der Waals surface area contributed by atoms with E-state index in [1.807, 2.05) is 18.2 Å². The van der Waals surface area contributed by atoms with E-state index in [0.717, 1.165) is 6.54 Å². The molecule has 0 atom stereocenters. The molecular weight excluding hydrogens is 327 g/mol. The molecule has 0 aromatic heterocycles. The van der Waals surface area contributed by atoms with Crippen molar-refractivity contribution >= 4 is 10.0 Å². The maximum Gasteiger partial charge on any atom is 0.243 e. The van der Waals surface area contributed by atoms with Crippen LogP contribution in [0.4, 0.5) is 4.39 Å². The van der Waals surface area contributed by atoms with E-state index in [1.165, 1.54) is 28.1 Å². The molecule has 0 N–H and O–H groups in total. The average Bonchev–Trinajstić information content (AvgIpc) is 2.56. The molecule has 1 fully saturated rings. The van der Waals surface area contributed by atoms with Crippen LogP contribution in [0.25, 0.3) is 0 Å². The summed E-state index contributed by atoms with van der Waals surface area (Å²) in [7, 11) is -3.57. The maximum atomic E-state index is 13.2. The van der Waals surface area contributed by atoms with Gasteiger partial charge >= 0.3 is 0 Å². The summed E-state index contributed by atoms with van der Waals surface area (Å²) < 4.78 is 40.3. The van der Waals surface area contributed by atoms with Crippen molar-refractivity contribution in [2.24, 2.45) is 0 Å². The van der Waals surface area contributed by atoms with Gasteiger partial charge in [0.1, 0.15) is 5.82 Å². The Morgan fingerprint density at radius 3 is 2.29 bits per heavy atom. The summed E-state index contributed by atoms with van der Waals surface area (Å²) >= 11 is 0. The molecule has 1 heterocycles. The quantitative estimate of drug-likeness (QED) is 0.853. The first-order valence-electron chi connectivity index (χ1n) is 7.99. The molecule has 2 aromatic carbocycles. The Morgan fingerprint density at radius 2 is 1.67 bits per heavy atom. The third-order valence-corrected chi connectivity index (χ3v) is 6.39. The first-order chi connectivity index (χ1) is 11.5. The third-order valence-electron chi connectivity index (χ3n) is 4.34. The molecule has 1 aliphatic rings. The molecule has 1 aliphatic heterocycles. The molecule has 2 aromatic rings. The zero-order valence-corrected chi connectivity index (χ0v) is 14.5. The second-order valence-corrected chi connectivity index (χ2v) is 7.98. The molecule has 1 saturated heterocycles. The molecule has 0 bridgehead atoms. The number of rotatable bonds is 4. The van der Waals surface area contributed by atoms with Gasteiger partial charge in [0.2, 0.25) is 10.0 Å². The number of hydrogen-bond acceptors (Lipinski definition) is 3. The molecule has 6 heteroatoms. The van der Waals surface area contributed by atoms with E-state index in [-0.39, 0.29) is 4.90 Å². The maximum absolute atomic E-state index is 13.2. The van der Waals surface area contributed by atoms with Crippen molar-refractivity contribution in [3.63, 3.8) is 0 Å². The van der Waals surface area contributed by atoms with E-state index in [0.29, 0.717) is 31.7 Å². The van der Waals surface area contributed by atoms with Crippen LogP contribution in [-0.4, -0.2) is 43.8 Å². The molecule has 0 unspecified atom stereocenters. The van der Waals surface area contributed by atoms with Crippen LogP contribution < -0.4 is 0 Å². The molecule has 0 aliphatic carbocycles. The van der Waals surface area contributed by atoms with Crippen LogP contribution in [0, 0.1) is 12.7 Å². The molecule has 4 nitrogen and oxygen atoms in total. The highest BCUT2D eigenvalue weighted by Gasteiger charge is 2.29. The number of piperazine rings is 1.